The normalized spacial score (nSPS) is 20.1. The lowest BCUT2D eigenvalue weighted by atomic mass is 9.75. The second-order valence-corrected chi connectivity index (χ2v) is 7.52. The summed E-state index contributed by atoms with van der Waals surface area (Å²) in [6.07, 6.45) is 5.36. The number of hydrogen-bond acceptors (Lipinski definition) is 4. The molecule has 0 aliphatic heterocycles. The van der Waals surface area contributed by atoms with Crippen LogP contribution in [0.2, 0.25) is 0 Å². The molecule has 4 heteroatoms. The van der Waals surface area contributed by atoms with Crippen LogP contribution >= 0.6 is 11.3 Å². The quantitative estimate of drug-likeness (QED) is 0.898. The van der Waals surface area contributed by atoms with Crippen LogP contribution in [0.25, 0.3) is 0 Å². The molecular formula is C15H27N3S. The smallest absolute Gasteiger partial charge is 0.107 e. The molecule has 0 aromatic carbocycles. The number of nitrogens with one attached hydrogen (secondary N) is 1. The minimum Gasteiger partial charge on any atom is -0.314 e. The zero-order valence-corrected chi connectivity index (χ0v) is 13.5. The van der Waals surface area contributed by atoms with Crippen molar-refractivity contribution >= 4 is 11.3 Å². The third-order valence-corrected chi connectivity index (χ3v) is 5.17. The van der Waals surface area contributed by atoms with Gasteiger partial charge in [-0.1, -0.05) is 13.8 Å². The fourth-order valence-corrected chi connectivity index (χ4v) is 3.66. The monoisotopic (exact) mass is 281 g/mol. The van der Waals surface area contributed by atoms with Crippen LogP contribution in [0.15, 0.2) is 5.38 Å². The average molecular weight is 281 g/mol. The highest BCUT2D eigenvalue weighted by molar-refractivity contribution is 7.09. The van der Waals surface area contributed by atoms with Crippen molar-refractivity contribution in [3.8, 4) is 0 Å². The maximum Gasteiger partial charge on any atom is 0.107 e. The Morgan fingerprint density at radius 1 is 1.42 bits per heavy atom. The number of hydrogen-bond donors (Lipinski definition) is 1. The van der Waals surface area contributed by atoms with E-state index in [-0.39, 0.29) is 0 Å². The molecule has 0 atom stereocenters. The van der Waals surface area contributed by atoms with E-state index >= 15 is 0 Å². The molecule has 1 aliphatic carbocycles. The number of nitrogens with zero attached hydrogens (tertiary/aromatic N) is 2. The zero-order valence-electron chi connectivity index (χ0n) is 12.7. The van der Waals surface area contributed by atoms with Crippen LogP contribution in [-0.4, -0.2) is 30.0 Å². The van der Waals surface area contributed by atoms with E-state index in [1.807, 2.05) is 7.05 Å². The van der Waals surface area contributed by atoms with Crippen LogP contribution in [0.1, 0.15) is 50.2 Å². The Labute approximate surface area is 121 Å². The highest BCUT2D eigenvalue weighted by Gasteiger charge is 2.28. The fourth-order valence-electron chi connectivity index (χ4n) is 2.86. The summed E-state index contributed by atoms with van der Waals surface area (Å²) in [7, 11) is 4.22. The third kappa shape index (κ3) is 4.26. The second-order valence-electron chi connectivity index (χ2n) is 6.57. The lowest BCUT2D eigenvalue weighted by Gasteiger charge is -2.38. The molecule has 1 aromatic heterocycles. The standard InChI is InChI=1S/C15H27N3S/c1-15(2)7-5-13(6-8-15)18(4)10-12-11-19-14(17-12)9-16-3/h11,13,16H,5-10H2,1-4H3. The highest BCUT2D eigenvalue weighted by atomic mass is 32.1. The van der Waals surface area contributed by atoms with Crippen molar-refractivity contribution < 1.29 is 0 Å². The van der Waals surface area contributed by atoms with Gasteiger partial charge in [0.2, 0.25) is 0 Å². The molecule has 1 saturated carbocycles. The molecule has 1 aliphatic rings. The van der Waals surface area contributed by atoms with Gasteiger partial charge in [0.1, 0.15) is 5.01 Å². The molecule has 19 heavy (non-hydrogen) atoms. The Bertz CT molecular complexity index is 390. The summed E-state index contributed by atoms with van der Waals surface area (Å²) in [4.78, 5) is 7.17. The van der Waals surface area contributed by atoms with Gasteiger partial charge in [-0.05, 0) is 45.2 Å². The Balaban J connectivity index is 1.85. The molecule has 0 spiro atoms. The van der Waals surface area contributed by atoms with Gasteiger partial charge in [0, 0.05) is 24.5 Å². The fraction of sp³-hybridized carbons (Fsp3) is 0.800. The predicted molar refractivity (Wildman–Crippen MR) is 82.4 cm³/mol. The van der Waals surface area contributed by atoms with Crippen LogP contribution in [-0.2, 0) is 13.1 Å². The van der Waals surface area contributed by atoms with Crippen molar-refractivity contribution in [1.29, 1.82) is 0 Å². The van der Waals surface area contributed by atoms with Crippen LogP contribution in [0, 0.1) is 5.41 Å². The number of aromatic nitrogens is 1. The Hall–Kier alpha value is -0.450. The summed E-state index contributed by atoms with van der Waals surface area (Å²) in [6, 6.07) is 0.738. The maximum absolute atomic E-state index is 4.68. The summed E-state index contributed by atoms with van der Waals surface area (Å²) in [5, 5.41) is 6.55. The van der Waals surface area contributed by atoms with Gasteiger partial charge in [-0.3, -0.25) is 4.90 Å². The van der Waals surface area contributed by atoms with Crippen LogP contribution in [0.3, 0.4) is 0 Å². The van der Waals surface area contributed by atoms with E-state index in [1.54, 1.807) is 11.3 Å². The molecule has 0 bridgehead atoms. The molecular weight excluding hydrogens is 254 g/mol. The van der Waals surface area contributed by atoms with Crippen molar-refractivity contribution in [2.45, 2.75) is 58.7 Å². The minimum absolute atomic E-state index is 0.554. The molecule has 2 rings (SSSR count). The highest BCUT2D eigenvalue weighted by Crippen LogP contribution is 2.36. The molecule has 1 heterocycles. The summed E-state index contributed by atoms with van der Waals surface area (Å²) in [5.74, 6) is 0. The number of rotatable bonds is 5. The average Bonchev–Trinajstić information content (AvgIpc) is 2.77. The number of thiazole rings is 1. The molecule has 3 nitrogen and oxygen atoms in total. The van der Waals surface area contributed by atoms with Gasteiger partial charge in [-0.25, -0.2) is 4.98 Å². The van der Waals surface area contributed by atoms with Crippen molar-refractivity contribution in [2.24, 2.45) is 5.41 Å². The lowest BCUT2D eigenvalue weighted by Crippen LogP contribution is -2.36. The first-order valence-corrected chi connectivity index (χ1v) is 8.16. The summed E-state index contributed by atoms with van der Waals surface area (Å²) >= 11 is 1.76. The third-order valence-electron chi connectivity index (χ3n) is 4.27. The van der Waals surface area contributed by atoms with Gasteiger partial charge < -0.3 is 5.32 Å². The van der Waals surface area contributed by atoms with E-state index in [0.29, 0.717) is 5.41 Å². The van der Waals surface area contributed by atoms with Crippen molar-refractivity contribution in [2.75, 3.05) is 14.1 Å². The van der Waals surface area contributed by atoms with Gasteiger partial charge in [-0.15, -0.1) is 11.3 Å². The Kier molecular flexibility index (Phi) is 4.98. The predicted octanol–water partition coefficient (Wildman–Crippen LogP) is 3.26. The molecule has 0 amide bonds. The van der Waals surface area contributed by atoms with E-state index in [1.165, 1.54) is 36.4 Å². The van der Waals surface area contributed by atoms with Gasteiger partial charge in [0.25, 0.3) is 0 Å². The minimum atomic E-state index is 0.554. The van der Waals surface area contributed by atoms with E-state index < -0.39 is 0 Å². The zero-order chi connectivity index (χ0) is 13.9. The Morgan fingerprint density at radius 3 is 2.74 bits per heavy atom. The first-order valence-electron chi connectivity index (χ1n) is 7.28. The largest absolute Gasteiger partial charge is 0.314 e. The molecule has 1 N–H and O–H groups in total. The molecule has 1 aromatic rings. The van der Waals surface area contributed by atoms with Crippen molar-refractivity contribution in [3.63, 3.8) is 0 Å². The second kappa shape index (κ2) is 6.33. The first-order chi connectivity index (χ1) is 9.00. The summed E-state index contributed by atoms with van der Waals surface area (Å²) in [5.41, 5.74) is 1.78. The molecule has 0 unspecified atom stereocenters. The van der Waals surface area contributed by atoms with Gasteiger partial charge >= 0.3 is 0 Å². The van der Waals surface area contributed by atoms with E-state index in [0.717, 1.165) is 19.1 Å². The molecule has 0 radical (unpaired) electrons. The lowest BCUT2D eigenvalue weighted by molar-refractivity contribution is 0.122. The van der Waals surface area contributed by atoms with Crippen LogP contribution in [0.5, 0.6) is 0 Å². The summed E-state index contributed by atoms with van der Waals surface area (Å²) in [6.45, 7) is 6.67. The molecule has 1 fully saturated rings. The molecule has 0 saturated heterocycles. The van der Waals surface area contributed by atoms with E-state index in [4.69, 9.17) is 0 Å². The SMILES string of the molecule is CNCc1nc(CN(C)C2CCC(C)(C)CC2)cs1. The Morgan fingerprint density at radius 2 is 2.11 bits per heavy atom. The van der Waals surface area contributed by atoms with Gasteiger partial charge in [0.15, 0.2) is 0 Å². The molecule has 108 valence electrons. The summed E-state index contributed by atoms with van der Waals surface area (Å²) < 4.78 is 0. The van der Waals surface area contributed by atoms with Crippen molar-refractivity contribution in [3.05, 3.63) is 16.1 Å². The van der Waals surface area contributed by atoms with E-state index in [9.17, 15) is 0 Å². The first kappa shape index (κ1) is 14.9. The van der Waals surface area contributed by atoms with Crippen LogP contribution in [0.4, 0.5) is 0 Å². The van der Waals surface area contributed by atoms with Crippen LogP contribution < -0.4 is 5.32 Å². The van der Waals surface area contributed by atoms with Crippen molar-refractivity contribution in [1.82, 2.24) is 15.2 Å². The van der Waals surface area contributed by atoms with Gasteiger partial charge in [-0.2, -0.15) is 0 Å². The maximum atomic E-state index is 4.68. The van der Waals surface area contributed by atoms with E-state index in [2.05, 4.69) is 41.5 Å². The topological polar surface area (TPSA) is 28.2 Å². The van der Waals surface area contributed by atoms with Gasteiger partial charge in [0.05, 0.1) is 5.69 Å².